The molecule has 3 aromatic rings. The molecule has 1 amide bonds. The van der Waals surface area contributed by atoms with Crippen molar-refractivity contribution in [2.45, 2.75) is 6.42 Å². The summed E-state index contributed by atoms with van der Waals surface area (Å²) in [5.74, 6) is -0.552. The molecule has 26 heavy (non-hydrogen) atoms. The van der Waals surface area contributed by atoms with E-state index in [9.17, 15) is 9.59 Å². The number of carbonyl (C=O) groups is 2. The molecule has 4 rings (SSSR count). The van der Waals surface area contributed by atoms with Crippen LogP contribution in [0.2, 0.25) is 5.02 Å². The predicted octanol–water partition coefficient (Wildman–Crippen LogP) is 4.45. The van der Waals surface area contributed by atoms with Crippen LogP contribution < -0.4 is 9.64 Å². The number of rotatable bonds is 3. The van der Waals surface area contributed by atoms with Crippen LogP contribution >= 0.6 is 11.6 Å². The third kappa shape index (κ3) is 3.16. The Hall–Kier alpha value is -2.85. The Balaban J connectivity index is 1.50. The zero-order valence-electron chi connectivity index (χ0n) is 13.9. The third-order valence-corrected chi connectivity index (χ3v) is 4.86. The standard InChI is InChI=1S/C21H16ClNO3/c22-18-7-3-4-8-19(18)23-13-16(12-20(23)24)21(25)26-17-10-9-14-5-1-2-6-15(14)11-17/h1-11,16H,12-13H2/t16-/m0/s1. The number of esters is 1. The van der Waals surface area contributed by atoms with E-state index in [1.165, 1.54) is 0 Å². The molecular formula is C21H16ClNO3. The fourth-order valence-corrected chi connectivity index (χ4v) is 3.44. The van der Waals surface area contributed by atoms with E-state index in [0.717, 1.165) is 10.8 Å². The summed E-state index contributed by atoms with van der Waals surface area (Å²) < 4.78 is 5.52. The lowest BCUT2D eigenvalue weighted by atomic mass is 10.1. The predicted molar refractivity (Wildman–Crippen MR) is 101 cm³/mol. The summed E-state index contributed by atoms with van der Waals surface area (Å²) in [6.07, 6.45) is 0.123. The maximum atomic E-state index is 12.5. The van der Waals surface area contributed by atoms with Gasteiger partial charge in [-0.05, 0) is 35.0 Å². The van der Waals surface area contributed by atoms with Gasteiger partial charge in [0.25, 0.3) is 0 Å². The summed E-state index contributed by atoms with van der Waals surface area (Å²) in [5.41, 5.74) is 0.625. The molecule has 3 aromatic carbocycles. The van der Waals surface area contributed by atoms with E-state index in [2.05, 4.69) is 0 Å². The second-order valence-corrected chi connectivity index (χ2v) is 6.69. The monoisotopic (exact) mass is 365 g/mol. The number of benzene rings is 3. The van der Waals surface area contributed by atoms with Crippen LogP contribution in [0.25, 0.3) is 10.8 Å². The van der Waals surface area contributed by atoms with Crippen molar-refractivity contribution in [1.29, 1.82) is 0 Å². The van der Waals surface area contributed by atoms with Gasteiger partial charge in [0.2, 0.25) is 5.91 Å². The van der Waals surface area contributed by atoms with E-state index in [0.29, 0.717) is 16.5 Å². The molecule has 0 bridgehead atoms. The minimum absolute atomic E-state index is 0.123. The SMILES string of the molecule is O=C(Oc1ccc2ccccc2c1)[C@H]1CC(=O)N(c2ccccc2Cl)C1. The van der Waals surface area contributed by atoms with Gasteiger partial charge in [0.15, 0.2) is 0 Å². The molecule has 0 N–H and O–H groups in total. The van der Waals surface area contributed by atoms with Crippen LogP contribution in [0, 0.1) is 5.92 Å². The van der Waals surface area contributed by atoms with Crippen molar-refractivity contribution in [2.75, 3.05) is 11.4 Å². The molecule has 0 radical (unpaired) electrons. The number of ether oxygens (including phenoxy) is 1. The molecule has 0 unspecified atom stereocenters. The Bertz CT molecular complexity index is 1000. The Morgan fingerprint density at radius 2 is 1.73 bits per heavy atom. The van der Waals surface area contributed by atoms with Gasteiger partial charge in [-0.3, -0.25) is 9.59 Å². The highest BCUT2D eigenvalue weighted by molar-refractivity contribution is 6.33. The Morgan fingerprint density at radius 3 is 2.54 bits per heavy atom. The number of nitrogens with zero attached hydrogens (tertiary/aromatic N) is 1. The summed E-state index contributed by atoms with van der Waals surface area (Å²) >= 11 is 6.17. The minimum atomic E-state index is -0.509. The number of hydrogen-bond donors (Lipinski definition) is 0. The van der Waals surface area contributed by atoms with E-state index in [1.54, 1.807) is 29.2 Å². The minimum Gasteiger partial charge on any atom is -0.426 e. The number of anilines is 1. The Labute approximate surface area is 155 Å². The van der Waals surface area contributed by atoms with Crippen LogP contribution in [0.15, 0.2) is 66.7 Å². The third-order valence-electron chi connectivity index (χ3n) is 4.54. The molecule has 0 spiro atoms. The van der Waals surface area contributed by atoms with E-state index in [-0.39, 0.29) is 18.9 Å². The van der Waals surface area contributed by atoms with Crippen molar-refractivity contribution in [1.82, 2.24) is 0 Å². The van der Waals surface area contributed by atoms with E-state index in [4.69, 9.17) is 16.3 Å². The van der Waals surface area contributed by atoms with Gasteiger partial charge in [-0.2, -0.15) is 0 Å². The summed E-state index contributed by atoms with van der Waals surface area (Å²) in [6, 6.07) is 20.5. The maximum absolute atomic E-state index is 12.5. The summed E-state index contributed by atoms with van der Waals surface area (Å²) in [5, 5.41) is 2.57. The molecule has 0 saturated carbocycles. The van der Waals surface area contributed by atoms with Gasteiger partial charge >= 0.3 is 5.97 Å². The van der Waals surface area contributed by atoms with Gasteiger partial charge in [-0.15, -0.1) is 0 Å². The first kappa shape index (κ1) is 16.6. The summed E-state index contributed by atoms with van der Waals surface area (Å²) in [6.45, 7) is 0.273. The van der Waals surface area contributed by atoms with Crippen molar-refractivity contribution in [2.24, 2.45) is 5.92 Å². The number of fused-ring (bicyclic) bond motifs is 1. The van der Waals surface area contributed by atoms with Gasteiger partial charge in [0.1, 0.15) is 5.75 Å². The van der Waals surface area contributed by atoms with Gasteiger partial charge < -0.3 is 9.64 Å². The van der Waals surface area contributed by atoms with Gasteiger partial charge in [0.05, 0.1) is 16.6 Å². The molecular weight excluding hydrogens is 350 g/mol. The molecule has 0 aromatic heterocycles. The normalized spacial score (nSPS) is 16.9. The smallest absolute Gasteiger partial charge is 0.316 e. The van der Waals surface area contributed by atoms with Crippen LogP contribution in [0.3, 0.4) is 0 Å². The maximum Gasteiger partial charge on any atom is 0.316 e. The van der Waals surface area contributed by atoms with Crippen LogP contribution in [0.5, 0.6) is 5.75 Å². The molecule has 1 atom stereocenters. The average Bonchev–Trinajstić information content (AvgIpc) is 3.04. The Morgan fingerprint density at radius 1 is 1.00 bits per heavy atom. The van der Waals surface area contributed by atoms with Crippen molar-refractivity contribution >= 4 is 39.9 Å². The van der Waals surface area contributed by atoms with Crippen LogP contribution in [0.1, 0.15) is 6.42 Å². The fraction of sp³-hybridized carbons (Fsp3) is 0.143. The molecule has 1 aliphatic rings. The highest BCUT2D eigenvalue weighted by Gasteiger charge is 2.37. The topological polar surface area (TPSA) is 46.6 Å². The highest BCUT2D eigenvalue weighted by atomic mass is 35.5. The number of para-hydroxylation sites is 1. The van der Waals surface area contributed by atoms with Gasteiger partial charge in [0, 0.05) is 13.0 Å². The number of amides is 1. The van der Waals surface area contributed by atoms with E-state index in [1.807, 2.05) is 42.5 Å². The first-order chi connectivity index (χ1) is 12.6. The second-order valence-electron chi connectivity index (χ2n) is 6.29. The van der Waals surface area contributed by atoms with Crippen molar-refractivity contribution < 1.29 is 14.3 Å². The lowest BCUT2D eigenvalue weighted by molar-refractivity contribution is -0.139. The molecule has 0 aliphatic carbocycles. The van der Waals surface area contributed by atoms with Crippen molar-refractivity contribution in [3.8, 4) is 5.75 Å². The molecule has 1 saturated heterocycles. The van der Waals surface area contributed by atoms with E-state index >= 15 is 0 Å². The first-order valence-electron chi connectivity index (χ1n) is 8.37. The van der Waals surface area contributed by atoms with Gasteiger partial charge in [-0.25, -0.2) is 0 Å². The lowest BCUT2D eigenvalue weighted by Gasteiger charge is -2.17. The summed E-state index contributed by atoms with van der Waals surface area (Å²) in [4.78, 5) is 26.4. The molecule has 1 heterocycles. The number of halogens is 1. The molecule has 1 fully saturated rings. The average molecular weight is 366 g/mol. The van der Waals surface area contributed by atoms with Gasteiger partial charge in [-0.1, -0.05) is 54.1 Å². The van der Waals surface area contributed by atoms with E-state index < -0.39 is 11.9 Å². The zero-order valence-corrected chi connectivity index (χ0v) is 14.6. The van der Waals surface area contributed by atoms with Crippen LogP contribution in [-0.2, 0) is 9.59 Å². The second kappa shape index (κ2) is 6.81. The molecule has 4 nitrogen and oxygen atoms in total. The molecule has 1 aliphatic heterocycles. The highest BCUT2D eigenvalue weighted by Crippen LogP contribution is 2.32. The van der Waals surface area contributed by atoms with Crippen LogP contribution in [-0.4, -0.2) is 18.4 Å². The molecule has 130 valence electrons. The van der Waals surface area contributed by atoms with Crippen molar-refractivity contribution in [3.05, 3.63) is 71.8 Å². The lowest BCUT2D eigenvalue weighted by Crippen LogP contribution is -2.27. The zero-order chi connectivity index (χ0) is 18.1. The van der Waals surface area contributed by atoms with Crippen molar-refractivity contribution in [3.63, 3.8) is 0 Å². The largest absolute Gasteiger partial charge is 0.426 e. The Kier molecular flexibility index (Phi) is 4.35. The number of hydrogen-bond acceptors (Lipinski definition) is 3. The quantitative estimate of drug-likeness (QED) is 0.509. The number of carbonyl (C=O) groups excluding carboxylic acids is 2. The van der Waals surface area contributed by atoms with Crippen LogP contribution in [0.4, 0.5) is 5.69 Å². The summed E-state index contributed by atoms with van der Waals surface area (Å²) in [7, 11) is 0. The first-order valence-corrected chi connectivity index (χ1v) is 8.75. The fourth-order valence-electron chi connectivity index (χ4n) is 3.20. The molecule has 5 heteroatoms.